The summed E-state index contributed by atoms with van der Waals surface area (Å²) >= 11 is 0. The van der Waals surface area contributed by atoms with Gasteiger partial charge in [-0.15, -0.1) is 13.2 Å². The first kappa shape index (κ1) is 25.0. The number of para-hydroxylation sites is 1. The van der Waals surface area contributed by atoms with Crippen molar-refractivity contribution in [2.24, 2.45) is 5.92 Å². The Balaban J connectivity index is 1.36. The van der Waals surface area contributed by atoms with Crippen LogP contribution in [0.15, 0.2) is 30.5 Å². The average Bonchev–Trinajstić information content (AvgIpc) is 3.36. The molecule has 190 valence electrons. The summed E-state index contributed by atoms with van der Waals surface area (Å²) in [6, 6.07) is 6.36. The smallest absolute Gasteiger partial charge is 0.405 e. The molecule has 1 aromatic carbocycles. The number of alkyl halides is 3. The summed E-state index contributed by atoms with van der Waals surface area (Å²) in [5.74, 6) is 0.218. The summed E-state index contributed by atoms with van der Waals surface area (Å²) in [7, 11) is 0. The van der Waals surface area contributed by atoms with Crippen LogP contribution in [0.2, 0.25) is 0 Å². The van der Waals surface area contributed by atoms with Crippen LogP contribution in [0.25, 0.3) is 0 Å². The van der Waals surface area contributed by atoms with Crippen LogP contribution in [0.5, 0.6) is 5.75 Å². The summed E-state index contributed by atoms with van der Waals surface area (Å²) < 4.78 is 42.0. The van der Waals surface area contributed by atoms with Gasteiger partial charge in [0.05, 0.1) is 4.92 Å². The Morgan fingerprint density at radius 3 is 2.51 bits per heavy atom. The highest BCUT2D eigenvalue weighted by Crippen LogP contribution is 2.31. The second kappa shape index (κ2) is 11.1. The molecule has 2 fully saturated rings. The van der Waals surface area contributed by atoms with Crippen molar-refractivity contribution in [2.45, 2.75) is 57.5 Å². The topological polar surface area (TPSA) is 105 Å². The van der Waals surface area contributed by atoms with Gasteiger partial charge in [-0.05, 0) is 63.6 Å². The number of likely N-dealkylation sites (tertiary alicyclic amines) is 1. The van der Waals surface area contributed by atoms with Gasteiger partial charge in [0, 0.05) is 24.7 Å². The Bertz CT molecular complexity index is 1010. The van der Waals surface area contributed by atoms with E-state index in [1.54, 1.807) is 6.07 Å². The van der Waals surface area contributed by atoms with Gasteiger partial charge < -0.3 is 20.3 Å². The third-order valence-electron chi connectivity index (χ3n) is 6.63. The third kappa shape index (κ3) is 6.93. The van der Waals surface area contributed by atoms with Crippen molar-refractivity contribution < 1.29 is 22.8 Å². The predicted molar refractivity (Wildman–Crippen MR) is 124 cm³/mol. The molecule has 0 atom stereocenters. The van der Waals surface area contributed by atoms with E-state index in [-0.39, 0.29) is 35.3 Å². The highest BCUT2D eigenvalue weighted by molar-refractivity contribution is 5.57. The molecule has 12 heteroatoms. The minimum Gasteiger partial charge on any atom is -0.405 e. The summed E-state index contributed by atoms with van der Waals surface area (Å²) in [6.07, 6.45) is 3.19. The molecule has 1 aliphatic heterocycles. The van der Waals surface area contributed by atoms with E-state index >= 15 is 0 Å². The number of anilines is 2. The quantitative estimate of drug-likeness (QED) is 0.372. The second-order valence-electron chi connectivity index (χ2n) is 8.99. The molecule has 1 aliphatic carbocycles. The molecule has 4 rings (SSSR count). The fourth-order valence-electron chi connectivity index (χ4n) is 4.83. The van der Waals surface area contributed by atoms with Crippen LogP contribution in [0.3, 0.4) is 0 Å². The van der Waals surface area contributed by atoms with E-state index < -0.39 is 11.3 Å². The Morgan fingerprint density at radius 1 is 1.11 bits per heavy atom. The first-order valence-corrected chi connectivity index (χ1v) is 11.9. The number of aromatic nitrogens is 2. The Hall–Kier alpha value is -3.15. The van der Waals surface area contributed by atoms with Gasteiger partial charge in [0.15, 0.2) is 0 Å². The minimum absolute atomic E-state index is 0.0516. The second-order valence-corrected chi connectivity index (χ2v) is 8.99. The van der Waals surface area contributed by atoms with Crippen molar-refractivity contribution in [2.75, 3.05) is 30.3 Å². The zero-order valence-electron chi connectivity index (χ0n) is 19.3. The van der Waals surface area contributed by atoms with Crippen molar-refractivity contribution in [3.05, 3.63) is 46.1 Å². The standard InChI is InChI=1S/C23H29F3N6O3/c24-23(25,26)35-20-6-2-1-5-17(20)14-28-22-29-15-19(32(33)34)21(30-22)27-13-16-7-9-18(10-8-16)31-11-3-4-12-31/h1-2,5-6,15-16,18H,3-4,7-14H2,(H2,27,28,29,30). The molecule has 0 spiro atoms. The molecule has 9 nitrogen and oxygen atoms in total. The lowest BCUT2D eigenvalue weighted by Crippen LogP contribution is -2.37. The maximum absolute atomic E-state index is 12.7. The monoisotopic (exact) mass is 494 g/mol. The van der Waals surface area contributed by atoms with Gasteiger partial charge in [0.1, 0.15) is 11.9 Å². The number of rotatable bonds is 9. The maximum Gasteiger partial charge on any atom is 0.573 e. The van der Waals surface area contributed by atoms with E-state index in [0.29, 0.717) is 18.5 Å². The van der Waals surface area contributed by atoms with Gasteiger partial charge in [-0.25, -0.2) is 4.98 Å². The number of benzene rings is 1. The van der Waals surface area contributed by atoms with Crippen molar-refractivity contribution >= 4 is 17.5 Å². The van der Waals surface area contributed by atoms with E-state index in [2.05, 4.69) is 30.2 Å². The first-order chi connectivity index (χ1) is 16.8. The molecule has 0 bridgehead atoms. The average molecular weight is 495 g/mol. The van der Waals surface area contributed by atoms with Crippen LogP contribution in [-0.2, 0) is 6.54 Å². The van der Waals surface area contributed by atoms with Gasteiger partial charge in [-0.1, -0.05) is 18.2 Å². The maximum atomic E-state index is 12.7. The van der Waals surface area contributed by atoms with E-state index in [4.69, 9.17) is 0 Å². The molecule has 0 amide bonds. The molecular formula is C23H29F3N6O3. The van der Waals surface area contributed by atoms with Gasteiger partial charge in [0.2, 0.25) is 11.8 Å². The summed E-state index contributed by atoms with van der Waals surface area (Å²) in [5, 5.41) is 17.4. The summed E-state index contributed by atoms with van der Waals surface area (Å²) in [5.41, 5.74) is -0.00171. The Morgan fingerprint density at radius 2 is 1.83 bits per heavy atom. The molecule has 2 heterocycles. The van der Waals surface area contributed by atoms with Crippen LogP contribution in [-0.4, -0.2) is 51.8 Å². The highest BCUT2D eigenvalue weighted by atomic mass is 19.4. The molecule has 1 aromatic heterocycles. The lowest BCUT2D eigenvalue weighted by Gasteiger charge is -2.34. The third-order valence-corrected chi connectivity index (χ3v) is 6.63. The fraction of sp³-hybridized carbons (Fsp3) is 0.565. The zero-order valence-corrected chi connectivity index (χ0v) is 19.3. The largest absolute Gasteiger partial charge is 0.573 e. The van der Waals surface area contributed by atoms with Crippen LogP contribution in [0.1, 0.15) is 44.1 Å². The number of ether oxygens (including phenoxy) is 1. The molecule has 35 heavy (non-hydrogen) atoms. The predicted octanol–water partition coefficient (Wildman–Crippen LogP) is 4.96. The van der Waals surface area contributed by atoms with Gasteiger partial charge >= 0.3 is 12.0 Å². The van der Waals surface area contributed by atoms with Crippen molar-refractivity contribution in [1.82, 2.24) is 14.9 Å². The van der Waals surface area contributed by atoms with Gasteiger partial charge in [-0.3, -0.25) is 10.1 Å². The fourth-order valence-corrected chi connectivity index (χ4v) is 4.83. The lowest BCUT2D eigenvalue weighted by molar-refractivity contribution is -0.384. The molecule has 1 saturated heterocycles. The highest BCUT2D eigenvalue weighted by Gasteiger charge is 2.32. The number of nitro groups is 1. The number of nitrogens with zero attached hydrogens (tertiary/aromatic N) is 4. The van der Waals surface area contributed by atoms with Crippen LogP contribution < -0.4 is 15.4 Å². The van der Waals surface area contributed by atoms with Crippen LogP contribution in [0.4, 0.5) is 30.6 Å². The number of hydrogen-bond acceptors (Lipinski definition) is 8. The Kier molecular flexibility index (Phi) is 7.89. The SMILES string of the molecule is O=[N+]([O-])c1cnc(NCc2ccccc2OC(F)(F)F)nc1NCC1CCC(N2CCCC2)CC1. The molecular weight excluding hydrogens is 465 g/mol. The van der Waals surface area contributed by atoms with Crippen LogP contribution >= 0.6 is 0 Å². The number of nitrogens with one attached hydrogen (secondary N) is 2. The molecule has 1 saturated carbocycles. The van der Waals surface area contributed by atoms with Crippen molar-refractivity contribution in [3.8, 4) is 5.75 Å². The van der Waals surface area contributed by atoms with Crippen LogP contribution in [0, 0.1) is 16.0 Å². The van der Waals surface area contributed by atoms with Crippen molar-refractivity contribution in [3.63, 3.8) is 0 Å². The minimum atomic E-state index is -4.81. The number of halogens is 3. The summed E-state index contributed by atoms with van der Waals surface area (Å²) in [6.45, 7) is 2.88. The molecule has 2 aliphatic rings. The summed E-state index contributed by atoms with van der Waals surface area (Å²) in [4.78, 5) is 21.7. The van der Waals surface area contributed by atoms with Gasteiger partial charge in [-0.2, -0.15) is 4.98 Å². The normalized spacial score (nSPS) is 21.0. The molecule has 2 aromatic rings. The lowest BCUT2D eigenvalue weighted by atomic mass is 9.85. The number of hydrogen-bond donors (Lipinski definition) is 2. The van der Waals surface area contributed by atoms with E-state index in [1.165, 1.54) is 44.1 Å². The molecule has 2 N–H and O–H groups in total. The van der Waals surface area contributed by atoms with Gasteiger partial charge in [0.25, 0.3) is 0 Å². The first-order valence-electron chi connectivity index (χ1n) is 11.9. The van der Waals surface area contributed by atoms with E-state index in [1.807, 2.05) is 0 Å². The van der Waals surface area contributed by atoms with Crippen molar-refractivity contribution in [1.29, 1.82) is 0 Å². The molecule has 0 unspecified atom stereocenters. The Labute approximate surface area is 201 Å². The zero-order chi connectivity index (χ0) is 24.8. The molecule has 0 radical (unpaired) electrons. The van der Waals surface area contributed by atoms with E-state index in [0.717, 1.165) is 31.9 Å². The van der Waals surface area contributed by atoms with E-state index in [9.17, 15) is 23.3 Å².